The van der Waals surface area contributed by atoms with Crippen molar-refractivity contribution in [1.29, 1.82) is 0 Å². The van der Waals surface area contributed by atoms with Gasteiger partial charge >= 0.3 is 0 Å². The molecule has 0 amide bonds. The smallest absolute Gasteiger partial charge is 0.148 e. The largest absolute Gasteiger partial charge is 0.379 e. The van der Waals surface area contributed by atoms with Crippen LogP contribution in [0.25, 0.3) is 0 Å². The lowest BCUT2D eigenvalue weighted by atomic mass is 10.3. The van der Waals surface area contributed by atoms with Gasteiger partial charge in [-0.25, -0.2) is 4.68 Å². The van der Waals surface area contributed by atoms with E-state index in [1.807, 2.05) is 11.6 Å². The maximum absolute atomic E-state index is 5.43. The van der Waals surface area contributed by atoms with Crippen molar-refractivity contribution in [3.8, 4) is 0 Å². The number of nitrogens with zero attached hydrogens (tertiary/aromatic N) is 8. The van der Waals surface area contributed by atoms with Crippen LogP contribution in [0.1, 0.15) is 30.1 Å². The maximum Gasteiger partial charge on any atom is 0.148 e. The summed E-state index contributed by atoms with van der Waals surface area (Å²) in [7, 11) is 0. The number of tetrazole rings is 1. The Morgan fingerprint density at radius 3 is 2.77 bits per heavy atom. The Morgan fingerprint density at radius 2 is 1.96 bits per heavy atom. The molecule has 0 unspecified atom stereocenters. The van der Waals surface area contributed by atoms with Crippen LogP contribution in [0.3, 0.4) is 0 Å². The van der Waals surface area contributed by atoms with Crippen molar-refractivity contribution in [3.63, 3.8) is 0 Å². The van der Waals surface area contributed by atoms with Gasteiger partial charge in [0.05, 0.1) is 24.6 Å². The van der Waals surface area contributed by atoms with Crippen molar-refractivity contribution in [3.05, 3.63) is 23.3 Å². The molecule has 9 nitrogen and oxygen atoms in total. The number of fused-ring (bicyclic) bond motifs is 1. The summed E-state index contributed by atoms with van der Waals surface area (Å²) in [4.78, 5) is 4.96. The number of rotatable bonds is 6. The second kappa shape index (κ2) is 8.24. The molecular formula is C17H28N8O. The van der Waals surface area contributed by atoms with Gasteiger partial charge in [-0.05, 0) is 36.3 Å². The van der Waals surface area contributed by atoms with E-state index in [0.29, 0.717) is 0 Å². The summed E-state index contributed by atoms with van der Waals surface area (Å²) in [6.07, 6.45) is 2.20. The first-order valence-corrected chi connectivity index (χ1v) is 9.59. The van der Waals surface area contributed by atoms with Crippen molar-refractivity contribution in [2.24, 2.45) is 0 Å². The molecule has 26 heavy (non-hydrogen) atoms. The summed E-state index contributed by atoms with van der Waals surface area (Å²) < 4.78 is 9.52. The average molecular weight is 360 g/mol. The van der Waals surface area contributed by atoms with E-state index < -0.39 is 0 Å². The van der Waals surface area contributed by atoms with Gasteiger partial charge in [0.15, 0.2) is 0 Å². The first kappa shape index (κ1) is 17.6. The zero-order valence-corrected chi connectivity index (χ0v) is 15.5. The van der Waals surface area contributed by atoms with Crippen LogP contribution in [0.5, 0.6) is 0 Å². The molecule has 2 aromatic rings. The maximum atomic E-state index is 5.43. The van der Waals surface area contributed by atoms with Gasteiger partial charge in [0.2, 0.25) is 0 Å². The lowest BCUT2D eigenvalue weighted by Gasteiger charge is -2.25. The fraction of sp³-hybridized carbons (Fsp3) is 0.765. The number of aromatic nitrogens is 6. The molecule has 4 heterocycles. The molecule has 0 spiro atoms. The van der Waals surface area contributed by atoms with Gasteiger partial charge in [-0.1, -0.05) is 0 Å². The molecular weight excluding hydrogens is 332 g/mol. The third-order valence-corrected chi connectivity index (χ3v) is 5.19. The van der Waals surface area contributed by atoms with Crippen molar-refractivity contribution in [1.82, 2.24) is 39.8 Å². The summed E-state index contributed by atoms with van der Waals surface area (Å²) in [6.45, 7) is 11.6. The molecule has 1 saturated heterocycles. The predicted molar refractivity (Wildman–Crippen MR) is 95.4 cm³/mol. The van der Waals surface area contributed by atoms with Crippen LogP contribution in [0.4, 0.5) is 0 Å². The van der Waals surface area contributed by atoms with Crippen molar-refractivity contribution >= 4 is 0 Å². The Kier molecular flexibility index (Phi) is 5.57. The second-order valence-electron chi connectivity index (χ2n) is 7.17. The fourth-order valence-electron chi connectivity index (χ4n) is 3.74. The normalized spacial score (nSPS) is 19.4. The second-order valence-corrected chi connectivity index (χ2v) is 7.17. The quantitative estimate of drug-likeness (QED) is 0.733. The highest BCUT2D eigenvalue weighted by atomic mass is 16.5. The molecule has 2 aromatic heterocycles. The molecule has 0 saturated carbocycles. The zero-order valence-electron chi connectivity index (χ0n) is 15.5. The number of aryl methyl sites for hydroxylation is 3. The molecule has 0 bridgehead atoms. The number of hydrogen-bond donors (Lipinski definition) is 0. The van der Waals surface area contributed by atoms with Crippen LogP contribution >= 0.6 is 0 Å². The topological polar surface area (TPSA) is 77.1 Å². The first-order valence-electron chi connectivity index (χ1n) is 9.59. The van der Waals surface area contributed by atoms with Crippen molar-refractivity contribution < 1.29 is 4.74 Å². The van der Waals surface area contributed by atoms with E-state index >= 15 is 0 Å². The third-order valence-electron chi connectivity index (χ3n) is 5.19. The molecule has 0 atom stereocenters. The molecule has 2 aliphatic rings. The van der Waals surface area contributed by atoms with Crippen molar-refractivity contribution in [2.75, 3.05) is 39.4 Å². The number of hydrogen-bond acceptors (Lipinski definition) is 7. The Morgan fingerprint density at radius 1 is 1.08 bits per heavy atom. The van der Waals surface area contributed by atoms with E-state index in [4.69, 9.17) is 9.84 Å². The monoisotopic (exact) mass is 360 g/mol. The van der Waals surface area contributed by atoms with E-state index in [1.54, 1.807) is 0 Å². The summed E-state index contributed by atoms with van der Waals surface area (Å²) in [5, 5.41) is 16.5. The molecule has 9 heteroatoms. The minimum Gasteiger partial charge on any atom is -0.379 e. The van der Waals surface area contributed by atoms with Crippen LogP contribution < -0.4 is 0 Å². The lowest BCUT2D eigenvalue weighted by Crippen LogP contribution is -2.35. The third kappa shape index (κ3) is 4.28. The highest BCUT2D eigenvalue weighted by Crippen LogP contribution is 2.16. The number of morpholine rings is 1. The standard InChI is InChI=1S/C17H28N8O/c1-15-18-20-21-24(15)6-2-4-22-5-3-7-25-17(14-22)12-16(19-25)13-23-8-10-26-11-9-23/h12H,2-11,13-14H2,1H3. The van der Waals surface area contributed by atoms with E-state index in [2.05, 4.69) is 36.1 Å². The molecule has 0 N–H and O–H groups in total. The highest BCUT2D eigenvalue weighted by molar-refractivity contribution is 5.11. The molecule has 2 aliphatic heterocycles. The Labute approximate surface area is 153 Å². The van der Waals surface area contributed by atoms with Gasteiger partial charge in [0, 0.05) is 52.4 Å². The summed E-state index contributed by atoms with van der Waals surface area (Å²) in [5.74, 6) is 0.881. The van der Waals surface area contributed by atoms with Gasteiger partial charge in [-0.15, -0.1) is 5.10 Å². The van der Waals surface area contributed by atoms with Gasteiger partial charge in [-0.2, -0.15) is 5.10 Å². The van der Waals surface area contributed by atoms with Crippen LogP contribution in [0.2, 0.25) is 0 Å². The molecule has 0 radical (unpaired) electrons. The average Bonchev–Trinajstić information content (AvgIpc) is 3.16. The van der Waals surface area contributed by atoms with E-state index in [1.165, 1.54) is 11.4 Å². The van der Waals surface area contributed by atoms with Crippen molar-refractivity contribution in [2.45, 2.75) is 45.9 Å². The predicted octanol–water partition coefficient (Wildman–Crippen LogP) is 0.306. The summed E-state index contributed by atoms with van der Waals surface area (Å²) >= 11 is 0. The fourth-order valence-corrected chi connectivity index (χ4v) is 3.74. The van der Waals surface area contributed by atoms with Gasteiger partial charge in [-0.3, -0.25) is 14.5 Å². The van der Waals surface area contributed by atoms with Crippen LogP contribution in [0, 0.1) is 6.92 Å². The molecule has 4 rings (SSSR count). The SMILES string of the molecule is Cc1nnnn1CCCN1CCCn2nc(CN3CCOCC3)cc2C1. The number of ether oxygens (including phenoxy) is 1. The Balaban J connectivity index is 1.31. The molecule has 0 aromatic carbocycles. The zero-order chi connectivity index (χ0) is 17.8. The molecule has 142 valence electrons. The Hall–Kier alpha value is -1.84. The van der Waals surface area contributed by atoms with Crippen LogP contribution in [-0.2, 0) is 30.9 Å². The van der Waals surface area contributed by atoms with E-state index in [0.717, 1.165) is 84.2 Å². The highest BCUT2D eigenvalue weighted by Gasteiger charge is 2.18. The lowest BCUT2D eigenvalue weighted by molar-refractivity contribution is 0.0335. The Bertz CT molecular complexity index is 705. The van der Waals surface area contributed by atoms with Crippen LogP contribution in [0.15, 0.2) is 6.07 Å². The summed E-state index contributed by atoms with van der Waals surface area (Å²) in [6, 6.07) is 2.29. The summed E-state index contributed by atoms with van der Waals surface area (Å²) in [5.41, 5.74) is 2.53. The molecule has 1 fully saturated rings. The minimum atomic E-state index is 0.835. The van der Waals surface area contributed by atoms with E-state index in [-0.39, 0.29) is 0 Å². The van der Waals surface area contributed by atoms with Crippen LogP contribution in [-0.4, -0.2) is 79.2 Å². The van der Waals surface area contributed by atoms with Gasteiger partial charge in [0.25, 0.3) is 0 Å². The molecule has 0 aliphatic carbocycles. The first-order chi connectivity index (χ1) is 12.8. The van der Waals surface area contributed by atoms with Gasteiger partial charge in [0.1, 0.15) is 5.82 Å². The van der Waals surface area contributed by atoms with Gasteiger partial charge < -0.3 is 4.74 Å². The minimum absolute atomic E-state index is 0.835. The van der Waals surface area contributed by atoms with E-state index in [9.17, 15) is 0 Å².